The van der Waals surface area contributed by atoms with Gasteiger partial charge in [-0.2, -0.15) is 0 Å². The maximum Gasteiger partial charge on any atom is 0.253 e. The molecule has 0 radical (unpaired) electrons. The number of amides is 5. The monoisotopic (exact) mass is 372 g/mol. The molecule has 3 aliphatic rings. The highest BCUT2D eigenvalue weighted by Gasteiger charge is 2.26. The lowest BCUT2D eigenvalue weighted by molar-refractivity contribution is -0.137. The Morgan fingerprint density at radius 1 is 0.630 bits per heavy atom. The van der Waals surface area contributed by atoms with E-state index < -0.39 is 0 Å². The third kappa shape index (κ3) is 4.37. The van der Waals surface area contributed by atoms with Crippen molar-refractivity contribution in [2.75, 3.05) is 45.8 Å². The van der Waals surface area contributed by atoms with Gasteiger partial charge in [0.2, 0.25) is 5.91 Å². The minimum absolute atomic E-state index is 0.0573. The first-order valence-electron chi connectivity index (χ1n) is 8.70. The molecule has 3 rings (SSSR count). The summed E-state index contributed by atoms with van der Waals surface area (Å²) in [5.41, 5.74) is 0. The zero-order valence-corrected chi connectivity index (χ0v) is 14.7. The highest BCUT2D eigenvalue weighted by molar-refractivity contribution is 6.13. The first-order valence-corrected chi connectivity index (χ1v) is 8.70. The van der Waals surface area contributed by atoms with Gasteiger partial charge in [-0.05, 0) is 0 Å². The summed E-state index contributed by atoms with van der Waals surface area (Å²) in [7, 11) is 0. The van der Waals surface area contributed by atoms with Gasteiger partial charge < -0.3 is 4.90 Å². The summed E-state index contributed by atoms with van der Waals surface area (Å²) in [6, 6.07) is 0. The Labute approximate surface area is 156 Å². The molecule has 0 saturated carbocycles. The zero-order valence-electron chi connectivity index (χ0n) is 14.7. The van der Waals surface area contributed by atoms with Crippen molar-refractivity contribution in [3.8, 4) is 0 Å². The Balaban J connectivity index is 1.54. The largest absolute Gasteiger partial charge is 0.334 e. The van der Waals surface area contributed by atoms with E-state index in [0.717, 1.165) is 9.80 Å². The van der Waals surface area contributed by atoms with Crippen LogP contribution in [0.4, 0.5) is 0 Å². The summed E-state index contributed by atoms with van der Waals surface area (Å²) >= 11 is 0. The molecule has 0 aromatic carbocycles. The van der Waals surface area contributed by atoms with Gasteiger partial charge in [-0.15, -0.1) is 0 Å². The Kier molecular flexibility index (Phi) is 5.60. The lowest BCUT2D eigenvalue weighted by atomic mass is 10.3. The van der Waals surface area contributed by atoms with E-state index in [4.69, 9.17) is 0 Å². The molecule has 5 amide bonds. The van der Waals surface area contributed by atoms with Crippen LogP contribution in [0.1, 0.15) is 0 Å². The van der Waals surface area contributed by atoms with E-state index in [0.29, 0.717) is 32.7 Å². The molecule has 0 atom stereocenters. The van der Waals surface area contributed by atoms with Crippen molar-refractivity contribution in [3.63, 3.8) is 0 Å². The van der Waals surface area contributed by atoms with Gasteiger partial charge in [0, 0.05) is 76.2 Å². The molecule has 0 aromatic rings. The molecule has 0 N–H and O–H groups in total. The van der Waals surface area contributed by atoms with E-state index in [1.54, 1.807) is 11.0 Å². The maximum atomic E-state index is 11.7. The van der Waals surface area contributed by atoms with E-state index in [2.05, 4.69) is 0 Å². The number of rotatable bonds is 9. The summed E-state index contributed by atoms with van der Waals surface area (Å²) < 4.78 is 0. The van der Waals surface area contributed by atoms with Crippen molar-refractivity contribution in [2.24, 2.45) is 0 Å². The van der Waals surface area contributed by atoms with E-state index in [9.17, 15) is 24.0 Å². The third-order valence-electron chi connectivity index (χ3n) is 4.66. The van der Waals surface area contributed by atoms with Gasteiger partial charge >= 0.3 is 0 Å². The second-order valence-corrected chi connectivity index (χ2v) is 6.35. The number of nitrogens with zero attached hydrogens (tertiary/aromatic N) is 4. The second-order valence-electron chi connectivity index (χ2n) is 6.35. The molecule has 0 spiro atoms. The van der Waals surface area contributed by atoms with Crippen molar-refractivity contribution < 1.29 is 24.0 Å². The Bertz CT molecular complexity index is 688. The van der Waals surface area contributed by atoms with Crippen LogP contribution in [0.5, 0.6) is 0 Å². The minimum atomic E-state index is -0.354. The molecule has 9 nitrogen and oxygen atoms in total. The van der Waals surface area contributed by atoms with E-state index in [1.807, 2.05) is 4.90 Å². The first kappa shape index (κ1) is 18.7. The van der Waals surface area contributed by atoms with Crippen molar-refractivity contribution >= 4 is 29.5 Å². The molecule has 3 heterocycles. The van der Waals surface area contributed by atoms with Crippen LogP contribution in [-0.4, -0.2) is 94.9 Å². The summed E-state index contributed by atoms with van der Waals surface area (Å²) in [6.07, 6.45) is 8.23. The summed E-state index contributed by atoms with van der Waals surface area (Å²) in [5.74, 6) is -1.47. The van der Waals surface area contributed by atoms with Gasteiger partial charge in [-0.25, -0.2) is 0 Å². The van der Waals surface area contributed by atoms with Crippen molar-refractivity contribution in [2.45, 2.75) is 0 Å². The molecule has 0 aromatic heterocycles. The minimum Gasteiger partial charge on any atom is -0.334 e. The Morgan fingerprint density at radius 3 is 1.48 bits per heavy atom. The highest BCUT2D eigenvalue weighted by Crippen LogP contribution is 2.07. The molecular weight excluding hydrogens is 352 g/mol. The molecule has 0 saturated heterocycles. The quantitative estimate of drug-likeness (QED) is 0.459. The van der Waals surface area contributed by atoms with Crippen molar-refractivity contribution in [1.82, 2.24) is 19.6 Å². The number of carbonyl (C=O) groups excluding carboxylic acids is 5. The van der Waals surface area contributed by atoms with Gasteiger partial charge in [0.25, 0.3) is 23.6 Å². The molecule has 27 heavy (non-hydrogen) atoms. The maximum absolute atomic E-state index is 11.7. The van der Waals surface area contributed by atoms with Crippen LogP contribution in [-0.2, 0) is 24.0 Å². The SMILES string of the molecule is O=C1C=CCN1CCN(CCN1C(=O)C=CC1=O)CCN1C(=O)C=CC1=O. The van der Waals surface area contributed by atoms with Gasteiger partial charge in [0.05, 0.1) is 0 Å². The third-order valence-corrected chi connectivity index (χ3v) is 4.66. The fraction of sp³-hybridized carbons (Fsp3) is 0.389. The average Bonchev–Trinajstić information content (AvgIpc) is 3.29. The number of carbonyl (C=O) groups is 5. The fourth-order valence-corrected chi connectivity index (χ4v) is 3.06. The number of imide groups is 2. The van der Waals surface area contributed by atoms with Crippen LogP contribution in [0.25, 0.3) is 0 Å². The van der Waals surface area contributed by atoms with Gasteiger partial charge in [0.1, 0.15) is 0 Å². The Morgan fingerprint density at radius 2 is 1.07 bits per heavy atom. The Hall–Kier alpha value is -3.07. The topological polar surface area (TPSA) is 98.3 Å². The molecule has 0 bridgehead atoms. The molecule has 3 aliphatic heterocycles. The predicted octanol–water partition coefficient (Wildman–Crippen LogP) is -1.46. The van der Waals surface area contributed by atoms with Crippen LogP contribution >= 0.6 is 0 Å². The fourth-order valence-electron chi connectivity index (χ4n) is 3.06. The normalized spacial score (nSPS) is 19.1. The summed E-state index contributed by atoms with van der Waals surface area (Å²) in [5, 5.41) is 0. The average molecular weight is 372 g/mol. The first-order chi connectivity index (χ1) is 13.0. The van der Waals surface area contributed by atoms with Crippen LogP contribution in [0.15, 0.2) is 36.5 Å². The number of hydrogen-bond donors (Lipinski definition) is 0. The molecule has 0 aliphatic carbocycles. The standard InChI is InChI=1S/C18H20N4O5/c23-14-2-1-7-20(14)11-8-19(9-12-21-15(24)3-4-16(21)25)10-13-22-17(26)5-6-18(22)27/h1-6H,7-13H2. The molecule has 9 heteroatoms. The van der Waals surface area contributed by atoms with Crippen LogP contribution in [0.2, 0.25) is 0 Å². The second kappa shape index (κ2) is 8.09. The van der Waals surface area contributed by atoms with Gasteiger partial charge in [-0.3, -0.25) is 38.7 Å². The smallest absolute Gasteiger partial charge is 0.253 e. The zero-order chi connectivity index (χ0) is 19.4. The molecule has 142 valence electrons. The van der Waals surface area contributed by atoms with Crippen LogP contribution in [0, 0.1) is 0 Å². The van der Waals surface area contributed by atoms with Crippen LogP contribution in [0.3, 0.4) is 0 Å². The number of hydrogen-bond acceptors (Lipinski definition) is 6. The summed E-state index contributed by atoms with van der Waals surface area (Å²) in [6.45, 7) is 2.71. The van der Waals surface area contributed by atoms with E-state index in [1.165, 1.54) is 30.4 Å². The van der Waals surface area contributed by atoms with Gasteiger partial charge in [-0.1, -0.05) is 6.08 Å². The van der Waals surface area contributed by atoms with Crippen molar-refractivity contribution in [3.05, 3.63) is 36.5 Å². The summed E-state index contributed by atoms with van der Waals surface area (Å²) in [4.78, 5) is 64.4. The highest BCUT2D eigenvalue weighted by atomic mass is 16.2. The molecular formula is C18H20N4O5. The molecule has 0 unspecified atom stereocenters. The lowest BCUT2D eigenvalue weighted by Gasteiger charge is -2.28. The van der Waals surface area contributed by atoms with Gasteiger partial charge in [0.15, 0.2) is 0 Å². The predicted molar refractivity (Wildman–Crippen MR) is 93.9 cm³/mol. The van der Waals surface area contributed by atoms with E-state index >= 15 is 0 Å². The van der Waals surface area contributed by atoms with Crippen LogP contribution < -0.4 is 0 Å². The molecule has 0 fully saturated rings. The van der Waals surface area contributed by atoms with E-state index in [-0.39, 0.29) is 42.6 Å². The van der Waals surface area contributed by atoms with Crippen molar-refractivity contribution in [1.29, 1.82) is 0 Å². The lowest BCUT2D eigenvalue weighted by Crippen LogP contribution is -2.45.